The van der Waals surface area contributed by atoms with E-state index in [4.69, 9.17) is 0 Å². The van der Waals surface area contributed by atoms with Gasteiger partial charge >= 0.3 is 0 Å². The highest BCUT2D eigenvalue weighted by Crippen LogP contribution is 2.23. The number of likely N-dealkylation sites (N-methyl/N-ethyl adjacent to an activating group) is 1. The third-order valence-electron chi connectivity index (χ3n) is 3.86. The molecule has 1 fully saturated rings. The molecule has 1 aromatic rings. The summed E-state index contributed by atoms with van der Waals surface area (Å²) in [5.41, 5.74) is 2.01. The van der Waals surface area contributed by atoms with Crippen LogP contribution in [0.5, 0.6) is 0 Å². The van der Waals surface area contributed by atoms with Gasteiger partial charge in [0.25, 0.3) is 0 Å². The Balaban J connectivity index is 2.07. The van der Waals surface area contributed by atoms with E-state index >= 15 is 0 Å². The Kier molecular flexibility index (Phi) is 4.55. The summed E-state index contributed by atoms with van der Waals surface area (Å²) in [6, 6.07) is 2.20. The molecule has 2 heterocycles. The van der Waals surface area contributed by atoms with Crippen molar-refractivity contribution in [3.05, 3.63) is 17.5 Å². The second-order valence-electron chi connectivity index (χ2n) is 5.34. The predicted octanol–water partition coefficient (Wildman–Crippen LogP) is 2.41. The molecule has 0 bridgehead atoms. The van der Waals surface area contributed by atoms with E-state index in [2.05, 4.69) is 5.10 Å². The van der Waals surface area contributed by atoms with Crippen LogP contribution in [0, 0.1) is 13.8 Å². The zero-order valence-corrected chi connectivity index (χ0v) is 13.0. The quantitative estimate of drug-likeness (QED) is 0.854. The van der Waals surface area contributed by atoms with Crippen LogP contribution in [0.1, 0.15) is 37.2 Å². The smallest absolute Gasteiger partial charge is 0.247 e. The molecule has 1 aliphatic rings. The van der Waals surface area contributed by atoms with E-state index in [1.807, 2.05) is 55.2 Å². The van der Waals surface area contributed by atoms with Crippen LogP contribution in [0.3, 0.4) is 0 Å². The molecule has 0 radical (unpaired) electrons. The van der Waals surface area contributed by atoms with Gasteiger partial charge in [-0.3, -0.25) is 9.48 Å². The van der Waals surface area contributed by atoms with E-state index in [-0.39, 0.29) is 11.9 Å². The topological polar surface area (TPSA) is 38.1 Å². The Morgan fingerprint density at radius 2 is 2.11 bits per heavy atom. The van der Waals surface area contributed by atoms with Gasteiger partial charge in [0.15, 0.2) is 0 Å². The minimum Gasteiger partial charge on any atom is -0.341 e. The molecule has 0 unspecified atom stereocenters. The molecule has 1 aliphatic heterocycles. The van der Waals surface area contributed by atoms with E-state index in [1.54, 1.807) is 0 Å². The lowest BCUT2D eigenvalue weighted by atomic mass is 10.1. The largest absolute Gasteiger partial charge is 0.341 e. The maximum atomic E-state index is 12.6. The molecule has 4 nitrogen and oxygen atoms in total. The van der Waals surface area contributed by atoms with E-state index in [0.29, 0.717) is 6.04 Å². The van der Waals surface area contributed by atoms with Gasteiger partial charge in [0.1, 0.15) is 6.04 Å². The van der Waals surface area contributed by atoms with Crippen LogP contribution in [0.25, 0.3) is 0 Å². The lowest BCUT2D eigenvalue weighted by Crippen LogP contribution is -2.42. The summed E-state index contributed by atoms with van der Waals surface area (Å²) in [6.45, 7) is 5.90. The molecule has 106 valence electrons. The molecule has 0 N–H and O–H groups in total. The van der Waals surface area contributed by atoms with Crippen molar-refractivity contribution in [1.82, 2.24) is 14.7 Å². The van der Waals surface area contributed by atoms with Gasteiger partial charge < -0.3 is 4.90 Å². The third kappa shape index (κ3) is 3.14. The number of aryl methyl sites for hydroxylation is 2. The fourth-order valence-corrected chi connectivity index (χ4v) is 3.77. The highest BCUT2D eigenvalue weighted by atomic mass is 32.2. The number of hydrogen-bond acceptors (Lipinski definition) is 3. The molecule has 1 atom stereocenters. The van der Waals surface area contributed by atoms with Crippen molar-refractivity contribution in [3.63, 3.8) is 0 Å². The number of rotatable bonds is 3. The molecule has 0 saturated carbocycles. The molecule has 0 aliphatic carbocycles. The zero-order valence-electron chi connectivity index (χ0n) is 12.2. The SMILES string of the molecule is Cc1cc(C)n([C@@H](C)C(=O)N(C)C2CCSCC2)n1. The van der Waals surface area contributed by atoms with Crippen LogP contribution < -0.4 is 0 Å². The van der Waals surface area contributed by atoms with Crippen molar-refractivity contribution in [2.45, 2.75) is 45.7 Å². The summed E-state index contributed by atoms with van der Waals surface area (Å²) in [7, 11) is 1.94. The van der Waals surface area contributed by atoms with Crippen molar-refractivity contribution in [2.75, 3.05) is 18.6 Å². The number of carbonyl (C=O) groups excluding carboxylic acids is 1. The second kappa shape index (κ2) is 5.99. The van der Waals surface area contributed by atoms with Crippen molar-refractivity contribution < 1.29 is 4.79 Å². The number of thioether (sulfide) groups is 1. The van der Waals surface area contributed by atoms with Gasteiger partial charge in [0.2, 0.25) is 5.91 Å². The monoisotopic (exact) mass is 281 g/mol. The molecule has 19 heavy (non-hydrogen) atoms. The summed E-state index contributed by atoms with van der Waals surface area (Å²) in [5.74, 6) is 2.50. The first-order chi connectivity index (χ1) is 9.00. The summed E-state index contributed by atoms with van der Waals surface area (Å²) in [6.07, 6.45) is 2.22. The fraction of sp³-hybridized carbons (Fsp3) is 0.714. The van der Waals surface area contributed by atoms with Crippen LogP contribution in [-0.2, 0) is 4.79 Å². The lowest BCUT2D eigenvalue weighted by Gasteiger charge is -2.33. The minimum absolute atomic E-state index is 0.170. The zero-order chi connectivity index (χ0) is 14.0. The van der Waals surface area contributed by atoms with Gasteiger partial charge in [-0.2, -0.15) is 16.9 Å². The first-order valence-electron chi connectivity index (χ1n) is 6.88. The minimum atomic E-state index is -0.215. The summed E-state index contributed by atoms with van der Waals surface area (Å²) in [5, 5.41) is 4.42. The standard InChI is InChI=1S/C14H23N3OS/c1-10-9-11(2)17(15-10)12(3)14(18)16(4)13-5-7-19-8-6-13/h9,12-13H,5-8H2,1-4H3/t12-/m0/s1. The maximum Gasteiger partial charge on any atom is 0.247 e. The van der Waals surface area contributed by atoms with Crippen molar-refractivity contribution in [1.29, 1.82) is 0 Å². The summed E-state index contributed by atoms with van der Waals surface area (Å²) < 4.78 is 1.84. The third-order valence-corrected chi connectivity index (χ3v) is 4.90. The molecular weight excluding hydrogens is 258 g/mol. The Bertz CT molecular complexity index is 452. The van der Waals surface area contributed by atoms with Crippen LogP contribution >= 0.6 is 11.8 Å². The van der Waals surface area contributed by atoms with Gasteiger partial charge in [0, 0.05) is 18.8 Å². The fourth-order valence-electron chi connectivity index (χ4n) is 2.69. The molecule has 0 aromatic carbocycles. The molecular formula is C14H23N3OS. The average molecular weight is 281 g/mol. The average Bonchev–Trinajstić information content (AvgIpc) is 2.76. The van der Waals surface area contributed by atoms with Gasteiger partial charge in [-0.05, 0) is 51.2 Å². The molecule has 2 rings (SSSR count). The molecule has 0 spiro atoms. The number of carbonyl (C=O) groups is 1. The Labute approximate surface area is 119 Å². The van der Waals surface area contributed by atoms with Crippen LogP contribution in [-0.4, -0.2) is 45.2 Å². The van der Waals surface area contributed by atoms with Crippen LogP contribution in [0.2, 0.25) is 0 Å². The Morgan fingerprint density at radius 1 is 1.47 bits per heavy atom. The molecule has 5 heteroatoms. The first kappa shape index (κ1) is 14.4. The van der Waals surface area contributed by atoms with Crippen molar-refractivity contribution in [3.8, 4) is 0 Å². The van der Waals surface area contributed by atoms with Gasteiger partial charge in [-0.15, -0.1) is 0 Å². The number of aromatic nitrogens is 2. The maximum absolute atomic E-state index is 12.6. The van der Waals surface area contributed by atoms with Gasteiger partial charge in [-0.1, -0.05) is 0 Å². The molecule has 1 amide bonds. The van der Waals surface area contributed by atoms with E-state index in [9.17, 15) is 4.79 Å². The summed E-state index contributed by atoms with van der Waals surface area (Å²) >= 11 is 1.98. The summed E-state index contributed by atoms with van der Waals surface area (Å²) in [4.78, 5) is 14.5. The van der Waals surface area contributed by atoms with Crippen molar-refractivity contribution in [2.24, 2.45) is 0 Å². The first-order valence-corrected chi connectivity index (χ1v) is 8.03. The Morgan fingerprint density at radius 3 is 2.63 bits per heavy atom. The highest BCUT2D eigenvalue weighted by molar-refractivity contribution is 7.99. The Hall–Kier alpha value is -0.970. The van der Waals surface area contributed by atoms with Gasteiger partial charge in [0.05, 0.1) is 5.69 Å². The van der Waals surface area contributed by atoms with E-state index < -0.39 is 0 Å². The number of amides is 1. The van der Waals surface area contributed by atoms with Gasteiger partial charge in [-0.25, -0.2) is 0 Å². The predicted molar refractivity (Wildman–Crippen MR) is 79.5 cm³/mol. The number of nitrogens with zero attached hydrogens (tertiary/aromatic N) is 3. The van der Waals surface area contributed by atoms with E-state index in [1.165, 1.54) is 0 Å². The second-order valence-corrected chi connectivity index (χ2v) is 6.57. The molecule has 1 aromatic heterocycles. The highest BCUT2D eigenvalue weighted by Gasteiger charge is 2.27. The number of hydrogen-bond donors (Lipinski definition) is 0. The van der Waals surface area contributed by atoms with Crippen molar-refractivity contribution >= 4 is 17.7 Å². The normalized spacial score (nSPS) is 18.3. The lowest BCUT2D eigenvalue weighted by molar-refractivity contribution is -0.135. The van der Waals surface area contributed by atoms with E-state index in [0.717, 1.165) is 35.7 Å². The van der Waals surface area contributed by atoms with Crippen LogP contribution in [0.15, 0.2) is 6.07 Å². The molecule has 1 saturated heterocycles. The van der Waals surface area contributed by atoms with Crippen LogP contribution in [0.4, 0.5) is 0 Å².